The number of carboxylic acid groups (broad SMARTS) is 1. The number of amides is 2. The summed E-state index contributed by atoms with van der Waals surface area (Å²) in [5, 5.41) is 11.3. The predicted octanol–water partition coefficient (Wildman–Crippen LogP) is 0.110. The Balaban J connectivity index is 1.97. The summed E-state index contributed by atoms with van der Waals surface area (Å²) in [6.45, 7) is 0.0206. The molecule has 0 aliphatic carbocycles. The molecule has 2 amide bonds. The molecule has 1 unspecified atom stereocenters. The van der Waals surface area contributed by atoms with Gasteiger partial charge in [0.25, 0.3) is 5.91 Å². The lowest BCUT2D eigenvalue weighted by Crippen LogP contribution is -2.36. The monoisotopic (exact) mass is 292 g/mol. The van der Waals surface area contributed by atoms with Gasteiger partial charge in [-0.15, -0.1) is 0 Å². The van der Waals surface area contributed by atoms with Crippen LogP contribution < -0.4 is 10.1 Å². The second-order valence-corrected chi connectivity index (χ2v) is 4.86. The van der Waals surface area contributed by atoms with Crippen molar-refractivity contribution in [2.75, 3.05) is 20.2 Å². The van der Waals surface area contributed by atoms with Crippen molar-refractivity contribution < 1.29 is 24.2 Å². The van der Waals surface area contributed by atoms with Crippen molar-refractivity contribution in [3.05, 3.63) is 29.8 Å². The summed E-state index contributed by atoms with van der Waals surface area (Å²) < 4.78 is 5.02. The smallest absolute Gasteiger partial charge is 0.341 e. The zero-order valence-corrected chi connectivity index (χ0v) is 11.5. The van der Waals surface area contributed by atoms with Gasteiger partial charge in [-0.3, -0.25) is 9.59 Å². The maximum atomic E-state index is 12.1. The lowest BCUT2D eigenvalue weighted by Gasteiger charge is -2.13. The molecule has 0 bridgehead atoms. The second kappa shape index (κ2) is 6.25. The largest absolute Gasteiger partial charge is 0.482 e. The fourth-order valence-corrected chi connectivity index (χ4v) is 2.10. The van der Waals surface area contributed by atoms with E-state index in [0.29, 0.717) is 17.9 Å². The minimum absolute atomic E-state index is 0.00107. The maximum Gasteiger partial charge on any atom is 0.341 e. The highest BCUT2D eigenvalue weighted by atomic mass is 16.5. The van der Waals surface area contributed by atoms with Crippen LogP contribution in [0.25, 0.3) is 0 Å². The van der Waals surface area contributed by atoms with Crippen LogP contribution in [0.1, 0.15) is 16.8 Å². The Morgan fingerprint density at radius 1 is 1.48 bits per heavy atom. The Morgan fingerprint density at radius 3 is 2.86 bits per heavy atom. The molecule has 7 heteroatoms. The third kappa shape index (κ3) is 3.95. The van der Waals surface area contributed by atoms with Gasteiger partial charge in [0.15, 0.2) is 6.61 Å². The summed E-state index contributed by atoms with van der Waals surface area (Å²) in [4.78, 5) is 35.5. The van der Waals surface area contributed by atoms with Crippen molar-refractivity contribution in [2.24, 2.45) is 0 Å². The normalized spacial score (nSPS) is 17.7. The summed E-state index contributed by atoms with van der Waals surface area (Å²) in [5.41, 5.74) is 0.361. The quantitative estimate of drug-likeness (QED) is 0.803. The second-order valence-electron chi connectivity index (χ2n) is 4.86. The molecule has 1 heterocycles. The van der Waals surface area contributed by atoms with Crippen molar-refractivity contribution in [2.45, 2.75) is 12.5 Å². The molecule has 2 N–H and O–H groups in total. The summed E-state index contributed by atoms with van der Waals surface area (Å²) >= 11 is 0. The van der Waals surface area contributed by atoms with Gasteiger partial charge in [0.05, 0.1) is 6.04 Å². The number of aliphatic carboxylic acids is 1. The minimum Gasteiger partial charge on any atom is -0.482 e. The van der Waals surface area contributed by atoms with Crippen LogP contribution >= 0.6 is 0 Å². The lowest BCUT2D eigenvalue weighted by molar-refractivity contribution is -0.139. The highest BCUT2D eigenvalue weighted by Gasteiger charge is 2.28. The Kier molecular flexibility index (Phi) is 4.42. The fourth-order valence-electron chi connectivity index (χ4n) is 2.10. The van der Waals surface area contributed by atoms with Gasteiger partial charge in [-0.2, -0.15) is 0 Å². The molecule has 1 fully saturated rings. The molecule has 0 aromatic heterocycles. The Bertz CT molecular complexity index is 572. The summed E-state index contributed by atoms with van der Waals surface area (Å²) in [7, 11) is 1.69. The van der Waals surface area contributed by atoms with Crippen LogP contribution in [0.4, 0.5) is 0 Å². The van der Waals surface area contributed by atoms with E-state index in [1.165, 1.54) is 6.07 Å². The number of likely N-dealkylation sites (tertiary alicyclic amines) is 1. The number of likely N-dealkylation sites (N-methyl/N-ethyl adjacent to an activating group) is 1. The number of nitrogens with zero attached hydrogens (tertiary/aromatic N) is 1. The van der Waals surface area contributed by atoms with E-state index in [9.17, 15) is 14.4 Å². The fraction of sp³-hybridized carbons (Fsp3) is 0.357. The lowest BCUT2D eigenvalue weighted by atomic mass is 10.1. The summed E-state index contributed by atoms with van der Waals surface area (Å²) in [6.07, 6.45) is 0.289. The van der Waals surface area contributed by atoms with E-state index in [2.05, 4.69) is 5.32 Å². The van der Waals surface area contributed by atoms with Crippen LogP contribution in [0.2, 0.25) is 0 Å². The van der Waals surface area contributed by atoms with Gasteiger partial charge in [0, 0.05) is 25.6 Å². The van der Waals surface area contributed by atoms with E-state index in [1.54, 1.807) is 30.1 Å². The molecule has 1 saturated heterocycles. The molecule has 0 saturated carbocycles. The number of rotatable bonds is 5. The average Bonchev–Trinajstić information content (AvgIpc) is 2.75. The van der Waals surface area contributed by atoms with Crippen molar-refractivity contribution in [3.8, 4) is 5.75 Å². The number of hydrogen-bond acceptors (Lipinski definition) is 4. The van der Waals surface area contributed by atoms with Crippen LogP contribution in [0.3, 0.4) is 0 Å². The molecule has 2 rings (SSSR count). The number of benzene rings is 1. The highest BCUT2D eigenvalue weighted by Crippen LogP contribution is 2.14. The zero-order chi connectivity index (χ0) is 15.4. The standard InChI is InChI=1S/C14H16N2O5/c1-16-7-10(6-12(16)17)15-14(20)9-3-2-4-11(5-9)21-8-13(18)19/h2-5,10H,6-8H2,1H3,(H,15,20)(H,18,19). The maximum absolute atomic E-state index is 12.1. The van der Waals surface area contributed by atoms with Crippen LogP contribution in [0, 0.1) is 0 Å². The first-order valence-corrected chi connectivity index (χ1v) is 6.45. The van der Waals surface area contributed by atoms with Gasteiger partial charge in [0.2, 0.25) is 5.91 Å². The summed E-state index contributed by atoms with van der Waals surface area (Å²) in [5.74, 6) is -1.09. The molecule has 1 aliphatic rings. The Labute approximate surface area is 121 Å². The molecule has 1 aromatic rings. The molecule has 7 nitrogen and oxygen atoms in total. The van der Waals surface area contributed by atoms with E-state index in [1.807, 2.05) is 0 Å². The average molecular weight is 292 g/mol. The number of carbonyl (C=O) groups is 3. The molecule has 0 radical (unpaired) electrons. The molecule has 21 heavy (non-hydrogen) atoms. The number of hydrogen-bond donors (Lipinski definition) is 2. The van der Waals surface area contributed by atoms with E-state index in [4.69, 9.17) is 9.84 Å². The molecular formula is C14H16N2O5. The number of carbonyl (C=O) groups excluding carboxylic acids is 2. The topological polar surface area (TPSA) is 95.9 Å². The number of ether oxygens (including phenoxy) is 1. The zero-order valence-electron chi connectivity index (χ0n) is 11.5. The van der Waals surface area contributed by atoms with Crippen molar-refractivity contribution in [3.63, 3.8) is 0 Å². The van der Waals surface area contributed by atoms with E-state index in [0.717, 1.165) is 0 Å². The molecule has 1 aliphatic heterocycles. The third-order valence-electron chi connectivity index (χ3n) is 3.13. The SMILES string of the molecule is CN1CC(NC(=O)c2cccc(OCC(=O)O)c2)CC1=O. The van der Waals surface area contributed by atoms with Crippen molar-refractivity contribution in [1.29, 1.82) is 0 Å². The van der Waals surface area contributed by atoms with Crippen LogP contribution in [0.15, 0.2) is 24.3 Å². The Morgan fingerprint density at radius 2 is 2.24 bits per heavy atom. The third-order valence-corrected chi connectivity index (χ3v) is 3.13. The van der Waals surface area contributed by atoms with Crippen LogP contribution in [-0.2, 0) is 9.59 Å². The molecule has 1 aromatic carbocycles. The van der Waals surface area contributed by atoms with E-state index in [-0.39, 0.29) is 24.3 Å². The molecule has 0 spiro atoms. The van der Waals surface area contributed by atoms with Gasteiger partial charge in [0.1, 0.15) is 5.75 Å². The number of carboxylic acids is 1. The van der Waals surface area contributed by atoms with Crippen molar-refractivity contribution in [1.82, 2.24) is 10.2 Å². The predicted molar refractivity (Wildman–Crippen MR) is 73.1 cm³/mol. The van der Waals surface area contributed by atoms with Gasteiger partial charge in [-0.05, 0) is 18.2 Å². The first-order chi connectivity index (χ1) is 9.95. The molecular weight excluding hydrogens is 276 g/mol. The minimum atomic E-state index is -1.09. The number of nitrogens with one attached hydrogen (secondary N) is 1. The Hall–Kier alpha value is -2.57. The van der Waals surface area contributed by atoms with E-state index < -0.39 is 12.6 Å². The van der Waals surface area contributed by atoms with Crippen molar-refractivity contribution >= 4 is 17.8 Å². The van der Waals surface area contributed by atoms with Crippen LogP contribution in [-0.4, -0.2) is 54.0 Å². The van der Waals surface area contributed by atoms with Gasteiger partial charge >= 0.3 is 5.97 Å². The van der Waals surface area contributed by atoms with Gasteiger partial charge < -0.3 is 20.1 Å². The highest BCUT2D eigenvalue weighted by molar-refractivity contribution is 5.95. The summed E-state index contributed by atoms with van der Waals surface area (Å²) in [6, 6.07) is 6.05. The van der Waals surface area contributed by atoms with E-state index >= 15 is 0 Å². The van der Waals surface area contributed by atoms with Gasteiger partial charge in [-0.1, -0.05) is 6.07 Å². The van der Waals surface area contributed by atoms with Gasteiger partial charge in [-0.25, -0.2) is 4.79 Å². The first kappa shape index (κ1) is 14.8. The molecule has 112 valence electrons. The first-order valence-electron chi connectivity index (χ1n) is 6.45. The van der Waals surface area contributed by atoms with Crippen LogP contribution in [0.5, 0.6) is 5.75 Å². The molecule has 1 atom stereocenters.